The molecule has 0 radical (unpaired) electrons. The monoisotopic (exact) mass is 330 g/mol. The smallest absolute Gasteiger partial charge is 0.274 e. The SMILES string of the molecule is O=C(c1cncc(NCCOc2ccc(F)cc2)n1)N1CCCC1. The van der Waals surface area contributed by atoms with Crippen LogP contribution in [0.5, 0.6) is 5.75 Å². The molecule has 0 saturated carbocycles. The molecular weight excluding hydrogens is 311 g/mol. The molecule has 1 aromatic heterocycles. The van der Waals surface area contributed by atoms with Crippen LogP contribution in [-0.2, 0) is 0 Å². The van der Waals surface area contributed by atoms with Gasteiger partial charge in [-0.1, -0.05) is 0 Å². The van der Waals surface area contributed by atoms with Crippen LogP contribution >= 0.6 is 0 Å². The second-order valence-corrected chi connectivity index (χ2v) is 5.52. The third-order valence-corrected chi connectivity index (χ3v) is 3.74. The van der Waals surface area contributed by atoms with E-state index in [-0.39, 0.29) is 11.7 Å². The Hall–Kier alpha value is -2.70. The van der Waals surface area contributed by atoms with Crippen molar-refractivity contribution in [1.82, 2.24) is 14.9 Å². The van der Waals surface area contributed by atoms with Gasteiger partial charge in [-0.3, -0.25) is 9.78 Å². The number of ether oxygens (including phenoxy) is 1. The van der Waals surface area contributed by atoms with Gasteiger partial charge in [-0.05, 0) is 37.1 Å². The first-order chi connectivity index (χ1) is 11.7. The van der Waals surface area contributed by atoms with Crippen molar-refractivity contribution in [2.75, 3.05) is 31.6 Å². The third kappa shape index (κ3) is 4.18. The zero-order valence-corrected chi connectivity index (χ0v) is 13.2. The summed E-state index contributed by atoms with van der Waals surface area (Å²) >= 11 is 0. The first-order valence-corrected chi connectivity index (χ1v) is 7.96. The number of nitrogens with zero attached hydrogens (tertiary/aromatic N) is 3. The lowest BCUT2D eigenvalue weighted by molar-refractivity contribution is 0.0786. The number of benzene rings is 1. The van der Waals surface area contributed by atoms with Crippen LogP contribution in [0.3, 0.4) is 0 Å². The van der Waals surface area contributed by atoms with Gasteiger partial charge in [-0.15, -0.1) is 0 Å². The molecule has 2 heterocycles. The number of amides is 1. The summed E-state index contributed by atoms with van der Waals surface area (Å²) in [6.45, 7) is 2.44. The Morgan fingerprint density at radius 1 is 1.21 bits per heavy atom. The number of nitrogens with one attached hydrogen (secondary N) is 1. The number of carbonyl (C=O) groups excluding carboxylic acids is 1. The number of carbonyl (C=O) groups is 1. The number of halogens is 1. The summed E-state index contributed by atoms with van der Waals surface area (Å²) in [5, 5.41) is 3.07. The standard InChI is InChI=1S/C17H19FN4O2/c18-13-3-5-14(6-4-13)24-10-7-20-16-12-19-11-15(21-16)17(23)22-8-1-2-9-22/h3-6,11-12H,1-2,7-10H2,(H,20,21). The number of rotatable bonds is 6. The van der Waals surface area contributed by atoms with Gasteiger partial charge in [0.25, 0.3) is 5.91 Å². The van der Waals surface area contributed by atoms with E-state index in [1.807, 2.05) is 0 Å². The molecule has 0 spiro atoms. The highest BCUT2D eigenvalue weighted by Gasteiger charge is 2.20. The van der Waals surface area contributed by atoms with Crippen LogP contribution in [0.2, 0.25) is 0 Å². The zero-order valence-electron chi connectivity index (χ0n) is 13.2. The maximum absolute atomic E-state index is 12.8. The Balaban J connectivity index is 1.49. The van der Waals surface area contributed by atoms with Gasteiger partial charge in [-0.25, -0.2) is 9.37 Å². The Bertz CT molecular complexity index is 687. The van der Waals surface area contributed by atoms with Crippen molar-refractivity contribution in [2.45, 2.75) is 12.8 Å². The normalized spacial score (nSPS) is 13.8. The van der Waals surface area contributed by atoms with Gasteiger partial charge in [-0.2, -0.15) is 0 Å². The van der Waals surface area contributed by atoms with Gasteiger partial charge in [0.1, 0.15) is 29.7 Å². The molecule has 1 saturated heterocycles. The van der Waals surface area contributed by atoms with Gasteiger partial charge in [0.2, 0.25) is 0 Å². The summed E-state index contributed by atoms with van der Waals surface area (Å²) < 4.78 is 18.3. The van der Waals surface area contributed by atoms with E-state index in [2.05, 4.69) is 15.3 Å². The van der Waals surface area contributed by atoms with E-state index in [1.54, 1.807) is 23.2 Å². The van der Waals surface area contributed by atoms with Crippen LogP contribution < -0.4 is 10.1 Å². The van der Waals surface area contributed by atoms with E-state index < -0.39 is 0 Å². The predicted molar refractivity (Wildman–Crippen MR) is 87.6 cm³/mol. The lowest BCUT2D eigenvalue weighted by atomic mass is 10.3. The summed E-state index contributed by atoms with van der Waals surface area (Å²) in [5.74, 6) is 0.756. The fourth-order valence-corrected chi connectivity index (χ4v) is 2.52. The molecule has 7 heteroatoms. The number of anilines is 1. The Morgan fingerprint density at radius 2 is 1.96 bits per heavy atom. The van der Waals surface area contributed by atoms with Crippen molar-refractivity contribution >= 4 is 11.7 Å². The largest absolute Gasteiger partial charge is 0.492 e. The molecule has 0 bridgehead atoms. The van der Waals surface area contributed by atoms with Crippen LogP contribution in [-0.4, -0.2) is 47.0 Å². The van der Waals surface area contributed by atoms with Gasteiger partial charge in [0.15, 0.2) is 0 Å². The fourth-order valence-electron chi connectivity index (χ4n) is 2.52. The van der Waals surface area contributed by atoms with Gasteiger partial charge >= 0.3 is 0 Å². The highest BCUT2D eigenvalue weighted by atomic mass is 19.1. The Kier molecular flexibility index (Phi) is 5.20. The lowest BCUT2D eigenvalue weighted by Gasteiger charge is -2.14. The molecule has 2 aromatic rings. The van der Waals surface area contributed by atoms with Crippen LogP contribution in [0.4, 0.5) is 10.2 Å². The molecule has 3 rings (SSSR count). The third-order valence-electron chi connectivity index (χ3n) is 3.74. The fraction of sp³-hybridized carbons (Fsp3) is 0.353. The van der Waals surface area contributed by atoms with E-state index in [1.165, 1.54) is 18.3 Å². The molecule has 0 atom stereocenters. The molecule has 1 fully saturated rings. The molecule has 0 unspecified atom stereocenters. The van der Waals surface area contributed by atoms with E-state index in [9.17, 15) is 9.18 Å². The van der Waals surface area contributed by atoms with Gasteiger partial charge < -0.3 is 15.0 Å². The van der Waals surface area contributed by atoms with E-state index in [0.717, 1.165) is 25.9 Å². The maximum Gasteiger partial charge on any atom is 0.274 e. The summed E-state index contributed by atoms with van der Waals surface area (Å²) in [6, 6.07) is 5.85. The molecule has 1 N–H and O–H groups in total. The average molecular weight is 330 g/mol. The molecule has 1 aromatic carbocycles. The first kappa shape index (κ1) is 16.2. The van der Waals surface area contributed by atoms with E-state index >= 15 is 0 Å². The van der Waals surface area contributed by atoms with Crippen LogP contribution in [0.1, 0.15) is 23.3 Å². The van der Waals surface area contributed by atoms with Crippen LogP contribution in [0.25, 0.3) is 0 Å². The number of hydrogen-bond acceptors (Lipinski definition) is 5. The van der Waals surface area contributed by atoms with Crippen molar-refractivity contribution in [2.24, 2.45) is 0 Å². The second-order valence-electron chi connectivity index (χ2n) is 5.52. The topological polar surface area (TPSA) is 67.3 Å². The molecule has 24 heavy (non-hydrogen) atoms. The molecule has 1 amide bonds. The summed E-state index contributed by atoms with van der Waals surface area (Å²) in [6.07, 6.45) is 5.13. The number of aromatic nitrogens is 2. The molecule has 1 aliphatic rings. The van der Waals surface area contributed by atoms with Crippen molar-refractivity contribution in [1.29, 1.82) is 0 Å². The molecular formula is C17H19FN4O2. The molecule has 6 nitrogen and oxygen atoms in total. The number of likely N-dealkylation sites (tertiary alicyclic amines) is 1. The van der Waals surface area contributed by atoms with E-state index in [0.29, 0.717) is 30.4 Å². The summed E-state index contributed by atoms with van der Waals surface area (Å²) in [5.41, 5.74) is 0.348. The first-order valence-electron chi connectivity index (χ1n) is 7.96. The van der Waals surface area contributed by atoms with Crippen LogP contribution in [0, 0.1) is 5.82 Å². The zero-order chi connectivity index (χ0) is 16.8. The minimum atomic E-state index is -0.296. The summed E-state index contributed by atoms with van der Waals surface area (Å²) in [4.78, 5) is 22.5. The maximum atomic E-state index is 12.8. The van der Waals surface area contributed by atoms with Crippen molar-refractivity contribution in [3.05, 3.63) is 48.2 Å². The van der Waals surface area contributed by atoms with E-state index in [4.69, 9.17) is 4.74 Å². The number of hydrogen-bond donors (Lipinski definition) is 1. The predicted octanol–water partition coefficient (Wildman–Crippen LogP) is 2.34. The van der Waals surface area contributed by atoms with Crippen molar-refractivity contribution < 1.29 is 13.9 Å². The molecule has 0 aliphatic carbocycles. The lowest BCUT2D eigenvalue weighted by Crippen LogP contribution is -2.28. The Morgan fingerprint density at radius 3 is 2.71 bits per heavy atom. The van der Waals surface area contributed by atoms with Crippen molar-refractivity contribution in [3.8, 4) is 5.75 Å². The van der Waals surface area contributed by atoms with Gasteiger partial charge in [0.05, 0.1) is 18.9 Å². The van der Waals surface area contributed by atoms with Crippen molar-refractivity contribution in [3.63, 3.8) is 0 Å². The van der Waals surface area contributed by atoms with Gasteiger partial charge in [0, 0.05) is 13.1 Å². The molecule has 126 valence electrons. The average Bonchev–Trinajstić information content (AvgIpc) is 3.14. The molecule has 1 aliphatic heterocycles. The quantitative estimate of drug-likeness (QED) is 0.824. The second kappa shape index (κ2) is 7.72. The minimum Gasteiger partial charge on any atom is -0.492 e. The summed E-state index contributed by atoms with van der Waals surface area (Å²) in [7, 11) is 0. The Labute approximate surface area is 139 Å². The highest BCUT2D eigenvalue weighted by molar-refractivity contribution is 5.92. The van der Waals surface area contributed by atoms with Crippen LogP contribution in [0.15, 0.2) is 36.7 Å². The minimum absolute atomic E-state index is 0.0776. The highest BCUT2D eigenvalue weighted by Crippen LogP contribution is 2.13.